The number of carbonyl (C=O) groups excluding carboxylic acids is 1. The molecule has 0 aromatic rings. The van der Waals surface area contributed by atoms with Gasteiger partial charge in [-0.05, 0) is 31.1 Å². The van der Waals surface area contributed by atoms with Gasteiger partial charge in [0, 0.05) is 19.6 Å². The first kappa shape index (κ1) is 8.72. The van der Waals surface area contributed by atoms with E-state index in [0.717, 1.165) is 31.2 Å². The maximum absolute atomic E-state index is 11.5. The molecular formula is C11H17NO2. The third-order valence-electron chi connectivity index (χ3n) is 4.05. The average Bonchev–Trinajstić information content (AvgIpc) is 3.07. The van der Waals surface area contributed by atoms with Crippen LogP contribution in [0.3, 0.4) is 0 Å². The quantitative estimate of drug-likeness (QED) is 0.626. The molecule has 0 N–H and O–H groups in total. The topological polar surface area (TPSA) is 29.5 Å². The van der Waals surface area contributed by atoms with E-state index in [1.54, 1.807) is 0 Å². The zero-order chi connectivity index (χ0) is 9.76. The highest BCUT2D eigenvalue weighted by atomic mass is 16.5. The standard InChI is InChI=1S/C11H17NO2/c1-14-10(13)11(2-3-11)7-12-5-8-4-9(8)6-12/h8-9H,2-7H2,1H3. The highest BCUT2D eigenvalue weighted by molar-refractivity contribution is 5.80. The van der Waals surface area contributed by atoms with Crippen molar-refractivity contribution in [2.24, 2.45) is 17.3 Å². The van der Waals surface area contributed by atoms with Crippen LogP contribution >= 0.6 is 0 Å². The molecule has 3 heteroatoms. The zero-order valence-electron chi connectivity index (χ0n) is 8.66. The normalized spacial score (nSPS) is 37.8. The van der Waals surface area contributed by atoms with Gasteiger partial charge in [-0.25, -0.2) is 0 Å². The van der Waals surface area contributed by atoms with Crippen molar-refractivity contribution in [3.8, 4) is 0 Å². The zero-order valence-corrected chi connectivity index (χ0v) is 8.66. The lowest BCUT2D eigenvalue weighted by molar-refractivity contribution is -0.147. The summed E-state index contributed by atoms with van der Waals surface area (Å²) in [5.41, 5.74) is -0.106. The minimum absolute atomic E-state index is 0.0121. The number of esters is 1. The molecule has 0 aromatic carbocycles. The van der Waals surface area contributed by atoms with Crippen LogP contribution in [-0.4, -0.2) is 37.6 Å². The summed E-state index contributed by atoms with van der Waals surface area (Å²) in [5, 5.41) is 0. The van der Waals surface area contributed by atoms with E-state index in [4.69, 9.17) is 4.74 Å². The van der Waals surface area contributed by atoms with Gasteiger partial charge < -0.3 is 9.64 Å². The maximum Gasteiger partial charge on any atom is 0.313 e. The van der Waals surface area contributed by atoms with Crippen molar-refractivity contribution < 1.29 is 9.53 Å². The number of nitrogens with zero attached hydrogens (tertiary/aromatic N) is 1. The summed E-state index contributed by atoms with van der Waals surface area (Å²) < 4.78 is 4.86. The second kappa shape index (κ2) is 2.72. The highest BCUT2D eigenvalue weighted by Gasteiger charge is 2.54. The largest absolute Gasteiger partial charge is 0.469 e. The predicted octanol–water partition coefficient (Wildman–Crippen LogP) is 0.891. The van der Waals surface area contributed by atoms with Crippen LogP contribution in [0.4, 0.5) is 0 Å². The first-order valence-electron chi connectivity index (χ1n) is 5.54. The highest BCUT2D eigenvalue weighted by Crippen LogP contribution is 2.51. The minimum atomic E-state index is -0.106. The fraction of sp³-hybridized carbons (Fsp3) is 0.909. The molecule has 1 aliphatic heterocycles. The Balaban J connectivity index is 1.59. The van der Waals surface area contributed by atoms with Crippen LogP contribution in [0.5, 0.6) is 0 Å². The lowest BCUT2D eigenvalue weighted by Crippen LogP contribution is -2.34. The molecule has 3 nitrogen and oxygen atoms in total. The molecule has 2 unspecified atom stereocenters. The number of ether oxygens (including phenoxy) is 1. The van der Waals surface area contributed by atoms with E-state index in [2.05, 4.69) is 4.90 Å². The second-order valence-electron chi connectivity index (χ2n) is 5.22. The molecule has 14 heavy (non-hydrogen) atoms. The molecule has 0 spiro atoms. The van der Waals surface area contributed by atoms with Crippen LogP contribution in [0.15, 0.2) is 0 Å². The monoisotopic (exact) mass is 195 g/mol. The molecule has 78 valence electrons. The van der Waals surface area contributed by atoms with Gasteiger partial charge in [-0.1, -0.05) is 0 Å². The number of carbonyl (C=O) groups is 1. The Morgan fingerprint density at radius 1 is 1.43 bits per heavy atom. The van der Waals surface area contributed by atoms with Gasteiger partial charge in [-0.2, -0.15) is 0 Å². The predicted molar refractivity (Wildman–Crippen MR) is 51.7 cm³/mol. The van der Waals surface area contributed by atoms with E-state index in [0.29, 0.717) is 0 Å². The van der Waals surface area contributed by atoms with Crippen molar-refractivity contribution in [3.63, 3.8) is 0 Å². The van der Waals surface area contributed by atoms with E-state index < -0.39 is 0 Å². The van der Waals surface area contributed by atoms with Crippen molar-refractivity contribution in [1.29, 1.82) is 0 Å². The molecule has 0 aromatic heterocycles. The molecule has 0 amide bonds. The van der Waals surface area contributed by atoms with Crippen LogP contribution in [0.25, 0.3) is 0 Å². The minimum Gasteiger partial charge on any atom is -0.469 e. The van der Waals surface area contributed by atoms with Crippen molar-refractivity contribution in [1.82, 2.24) is 4.90 Å². The van der Waals surface area contributed by atoms with Crippen molar-refractivity contribution in [2.75, 3.05) is 26.7 Å². The molecule has 0 bridgehead atoms. The van der Waals surface area contributed by atoms with Gasteiger partial charge >= 0.3 is 5.97 Å². The number of piperidine rings is 1. The number of methoxy groups -OCH3 is 1. The molecule has 2 saturated carbocycles. The lowest BCUT2D eigenvalue weighted by atomic mass is 10.1. The van der Waals surface area contributed by atoms with Crippen molar-refractivity contribution in [3.05, 3.63) is 0 Å². The van der Waals surface area contributed by atoms with Gasteiger partial charge in [0.25, 0.3) is 0 Å². The van der Waals surface area contributed by atoms with E-state index in [1.165, 1.54) is 26.6 Å². The van der Waals surface area contributed by atoms with E-state index in [1.807, 2.05) is 0 Å². The summed E-state index contributed by atoms with van der Waals surface area (Å²) in [7, 11) is 1.50. The fourth-order valence-corrected chi connectivity index (χ4v) is 2.85. The van der Waals surface area contributed by atoms with E-state index in [9.17, 15) is 4.79 Å². The molecule has 3 rings (SSSR count). The van der Waals surface area contributed by atoms with Gasteiger partial charge in [-0.3, -0.25) is 4.79 Å². The Labute approximate surface area is 84.4 Å². The molecule has 3 fully saturated rings. The number of hydrogen-bond acceptors (Lipinski definition) is 3. The third-order valence-corrected chi connectivity index (χ3v) is 4.05. The number of rotatable bonds is 3. The van der Waals surface area contributed by atoms with Gasteiger partial charge in [0.15, 0.2) is 0 Å². The Hall–Kier alpha value is -0.570. The first-order chi connectivity index (χ1) is 6.73. The summed E-state index contributed by atoms with van der Waals surface area (Å²) in [5.74, 6) is 1.94. The Morgan fingerprint density at radius 2 is 2.07 bits per heavy atom. The van der Waals surface area contributed by atoms with Crippen LogP contribution in [0.2, 0.25) is 0 Å². The van der Waals surface area contributed by atoms with Crippen LogP contribution in [0, 0.1) is 17.3 Å². The van der Waals surface area contributed by atoms with E-state index >= 15 is 0 Å². The Kier molecular flexibility index (Phi) is 1.69. The van der Waals surface area contributed by atoms with Crippen molar-refractivity contribution >= 4 is 5.97 Å². The molecule has 1 saturated heterocycles. The van der Waals surface area contributed by atoms with Crippen LogP contribution in [0.1, 0.15) is 19.3 Å². The summed E-state index contributed by atoms with van der Waals surface area (Å²) >= 11 is 0. The number of fused-ring (bicyclic) bond motifs is 1. The summed E-state index contributed by atoms with van der Waals surface area (Å²) in [6.45, 7) is 3.40. The van der Waals surface area contributed by atoms with Gasteiger partial charge in [0.1, 0.15) is 0 Å². The Bertz CT molecular complexity index is 262. The SMILES string of the molecule is COC(=O)C1(CN2CC3CC3C2)CC1. The number of likely N-dealkylation sites (tertiary alicyclic amines) is 1. The van der Waals surface area contributed by atoms with Crippen LogP contribution in [-0.2, 0) is 9.53 Å². The first-order valence-corrected chi connectivity index (χ1v) is 5.54. The fourth-order valence-electron chi connectivity index (χ4n) is 2.85. The van der Waals surface area contributed by atoms with Crippen molar-refractivity contribution in [2.45, 2.75) is 19.3 Å². The van der Waals surface area contributed by atoms with E-state index in [-0.39, 0.29) is 11.4 Å². The van der Waals surface area contributed by atoms with Gasteiger partial charge in [0.2, 0.25) is 0 Å². The summed E-state index contributed by atoms with van der Waals surface area (Å²) in [6.07, 6.45) is 3.50. The molecular weight excluding hydrogens is 178 g/mol. The molecule has 3 aliphatic rings. The summed E-state index contributed by atoms with van der Waals surface area (Å²) in [6, 6.07) is 0. The molecule has 0 radical (unpaired) electrons. The molecule has 2 atom stereocenters. The lowest BCUT2D eigenvalue weighted by Gasteiger charge is -2.22. The summed E-state index contributed by atoms with van der Waals surface area (Å²) in [4.78, 5) is 14.0. The van der Waals surface area contributed by atoms with Gasteiger partial charge in [0.05, 0.1) is 12.5 Å². The molecule has 2 aliphatic carbocycles. The third kappa shape index (κ3) is 1.26. The smallest absolute Gasteiger partial charge is 0.313 e. The number of hydrogen-bond donors (Lipinski definition) is 0. The molecule has 1 heterocycles. The second-order valence-corrected chi connectivity index (χ2v) is 5.22. The average molecular weight is 195 g/mol. The van der Waals surface area contributed by atoms with Gasteiger partial charge in [-0.15, -0.1) is 0 Å². The maximum atomic E-state index is 11.5. The Morgan fingerprint density at radius 3 is 2.57 bits per heavy atom. The van der Waals surface area contributed by atoms with Crippen LogP contribution < -0.4 is 0 Å².